The molecule has 1 aromatic carbocycles. The summed E-state index contributed by atoms with van der Waals surface area (Å²) >= 11 is 0. The first kappa shape index (κ1) is 13.9. The van der Waals surface area contributed by atoms with Gasteiger partial charge in [0.05, 0.1) is 17.1 Å². The topological polar surface area (TPSA) is 98.9 Å². The minimum atomic E-state index is -1.23. The Labute approximate surface area is 103 Å². The molecule has 1 atom stereocenters. The average Bonchev–Trinajstić information content (AvgIpc) is 2.29. The number of aromatic carboxylic acids is 1. The Kier molecular flexibility index (Phi) is 4.61. The molecule has 0 radical (unpaired) electrons. The molecular formula is C11H13NO6. The molecule has 0 fully saturated rings. The highest BCUT2D eigenvalue weighted by atomic mass is 16.6. The number of methoxy groups -OCH3 is 1. The first-order chi connectivity index (χ1) is 8.45. The molecule has 7 nitrogen and oxygen atoms in total. The zero-order valence-electron chi connectivity index (χ0n) is 9.95. The van der Waals surface area contributed by atoms with E-state index in [1.165, 1.54) is 19.2 Å². The summed E-state index contributed by atoms with van der Waals surface area (Å²) in [4.78, 5) is 20.9. The highest BCUT2D eigenvalue weighted by molar-refractivity contribution is 5.88. The normalized spacial score (nSPS) is 11.9. The van der Waals surface area contributed by atoms with Crippen LogP contribution in [0, 0.1) is 10.1 Å². The molecule has 1 N–H and O–H groups in total. The van der Waals surface area contributed by atoms with Crippen LogP contribution in [0.15, 0.2) is 18.2 Å². The molecule has 7 heteroatoms. The summed E-state index contributed by atoms with van der Waals surface area (Å²) in [5, 5.41) is 19.6. The van der Waals surface area contributed by atoms with E-state index in [1.807, 2.05) is 0 Å². The van der Waals surface area contributed by atoms with Gasteiger partial charge in [-0.1, -0.05) is 0 Å². The number of hydrogen-bond donors (Lipinski definition) is 1. The van der Waals surface area contributed by atoms with Crippen LogP contribution >= 0.6 is 0 Å². The summed E-state index contributed by atoms with van der Waals surface area (Å²) < 4.78 is 10.2. The van der Waals surface area contributed by atoms with Crippen LogP contribution in [0.4, 0.5) is 5.69 Å². The van der Waals surface area contributed by atoms with Gasteiger partial charge in [-0.3, -0.25) is 10.1 Å². The molecule has 0 bridgehead atoms. The van der Waals surface area contributed by atoms with Crippen LogP contribution in [0.3, 0.4) is 0 Å². The van der Waals surface area contributed by atoms with Crippen LogP contribution in [0.25, 0.3) is 0 Å². The first-order valence-corrected chi connectivity index (χ1v) is 5.13. The zero-order valence-corrected chi connectivity index (χ0v) is 9.95. The highest BCUT2D eigenvalue weighted by Gasteiger charge is 2.20. The van der Waals surface area contributed by atoms with Crippen LogP contribution in [-0.2, 0) is 4.74 Å². The number of nitrogens with zero attached hydrogens (tertiary/aromatic N) is 1. The Bertz CT molecular complexity index is 459. The second-order valence-corrected chi connectivity index (χ2v) is 3.63. The summed E-state index contributed by atoms with van der Waals surface area (Å²) in [6.07, 6.45) is -0.371. The molecule has 0 amide bonds. The van der Waals surface area contributed by atoms with Gasteiger partial charge in [0, 0.05) is 13.2 Å². The Morgan fingerprint density at radius 1 is 1.56 bits per heavy atom. The van der Waals surface area contributed by atoms with Gasteiger partial charge < -0.3 is 14.6 Å². The van der Waals surface area contributed by atoms with Crippen LogP contribution in [0.2, 0.25) is 0 Å². The minimum absolute atomic E-state index is 0.0227. The largest absolute Gasteiger partial charge is 0.481 e. The monoisotopic (exact) mass is 255 g/mol. The summed E-state index contributed by atoms with van der Waals surface area (Å²) in [7, 11) is 1.49. The number of hydrogen-bond acceptors (Lipinski definition) is 5. The van der Waals surface area contributed by atoms with Crippen molar-refractivity contribution < 1.29 is 24.3 Å². The fourth-order valence-corrected chi connectivity index (χ4v) is 1.38. The number of carbonyl (C=O) groups is 1. The molecule has 0 heterocycles. The third kappa shape index (κ3) is 3.42. The van der Waals surface area contributed by atoms with Gasteiger partial charge in [-0.05, 0) is 19.1 Å². The van der Waals surface area contributed by atoms with Crippen molar-refractivity contribution in [3.05, 3.63) is 33.9 Å². The molecule has 1 aromatic rings. The predicted molar refractivity (Wildman–Crippen MR) is 62.0 cm³/mol. The number of rotatable bonds is 6. The lowest BCUT2D eigenvalue weighted by Crippen LogP contribution is -2.18. The van der Waals surface area contributed by atoms with E-state index in [9.17, 15) is 14.9 Å². The molecule has 0 aromatic heterocycles. The number of ether oxygens (including phenoxy) is 2. The van der Waals surface area contributed by atoms with E-state index in [2.05, 4.69) is 0 Å². The Hall–Kier alpha value is -2.15. The number of nitro groups is 1. The fourth-order valence-electron chi connectivity index (χ4n) is 1.38. The lowest BCUT2D eigenvalue weighted by atomic mass is 10.2. The van der Waals surface area contributed by atoms with Crippen LogP contribution in [0.5, 0.6) is 5.75 Å². The standard InChI is InChI=1S/C11H13NO6/c1-7(6-17-2)18-10-4-3-8(11(13)14)5-9(10)12(15)16/h3-5,7H,6H2,1-2H3,(H,13,14). The van der Waals surface area contributed by atoms with Gasteiger partial charge in [-0.25, -0.2) is 4.79 Å². The second kappa shape index (κ2) is 5.97. The van der Waals surface area contributed by atoms with Gasteiger partial charge in [-0.15, -0.1) is 0 Å². The SMILES string of the molecule is COCC(C)Oc1ccc(C(=O)O)cc1[N+](=O)[O-]. The van der Waals surface area contributed by atoms with Crippen molar-refractivity contribution in [1.82, 2.24) is 0 Å². The van der Waals surface area contributed by atoms with Gasteiger partial charge in [-0.2, -0.15) is 0 Å². The Morgan fingerprint density at radius 2 is 2.22 bits per heavy atom. The van der Waals surface area contributed by atoms with E-state index >= 15 is 0 Å². The molecule has 1 unspecified atom stereocenters. The first-order valence-electron chi connectivity index (χ1n) is 5.13. The summed E-state index contributed by atoms with van der Waals surface area (Å²) in [6.45, 7) is 1.97. The lowest BCUT2D eigenvalue weighted by molar-refractivity contribution is -0.386. The summed E-state index contributed by atoms with van der Waals surface area (Å²) in [5.74, 6) is -1.20. The van der Waals surface area contributed by atoms with Crippen LogP contribution in [-0.4, -0.2) is 35.8 Å². The van der Waals surface area contributed by atoms with Gasteiger partial charge in [0.15, 0.2) is 5.75 Å². The van der Waals surface area contributed by atoms with E-state index in [-0.39, 0.29) is 29.7 Å². The predicted octanol–water partition coefficient (Wildman–Crippen LogP) is 1.71. The quantitative estimate of drug-likeness (QED) is 0.613. The van der Waals surface area contributed by atoms with E-state index in [1.54, 1.807) is 6.92 Å². The molecule has 0 aliphatic rings. The van der Waals surface area contributed by atoms with Crippen molar-refractivity contribution in [2.45, 2.75) is 13.0 Å². The number of benzene rings is 1. The number of carboxylic acids is 1. The molecule has 0 saturated heterocycles. The van der Waals surface area contributed by atoms with E-state index in [0.717, 1.165) is 6.07 Å². The van der Waals surface area contributed by atoms with Crippen molar-refractivity contribution in [3.8, 4) is 5.75 Å². The number of carboxylic acid groups (broad SMARTS) is 1. The van der Waals surface area contributed by atoms with Crippen molar-refractivity contribution in [3.63, 3.8) is 0 Å². The average molecular weight is 255 g/mol. The van der Waals surface area contributed by atoms with Crippen molar-refractivity contribution in [2.24, 2.45) is 0 Å². The van der Waals surface area contributed by atoms with Crippen LogP contribution < -0.4 is 4.74 Å². The third-order valence-electron chi connectivity index (χ3n) is 2.13. The molecule has 0 aliphatic carbocycles. The Balaban J connectivity index is 3.04. The molecule has 1 rings (SSSR count). The molecule has 0 saturated carbocycles. The zero-order chi connectivity index (χ0) is 13.7. The molecule has 18 heavy (non-hydrogen) atoms. The second-order valence-electron chi connectivity index (χ2n) is 3.63. The van der Waals surface area contributed by atoms with Crippen LogP contribution in [0.1, 0.15) is 17.3 Å². The number of nitro benzene ring substituents is 1. The van der Waals surface area contributed by atoms with Gasteiger partial charge in [0.1, 0.15) is 6.10 Å². The smallest absolute Gasteiger partial charge is 0.335 e. The fraction of sp³-hybridized carbons (Fsp3) is 0.364. The summed E-state index contributed by atoms with van der Waals surface area (Å²) in [5.41, 5.74) is -0.536. The summed E-state index contributed by atoms with van der Waals surface area (Å²) in [6, 6.07) is 3.50. The Morgan fingerprint density at radius 3 is 2.72 bits per heavy atom. The molecule has 0 spiro atoms. The van der Waals surface area contributed by atoms with Gasteiger partial charge in [0.25, 0.3) is 0 Å². The van der Waals surface area contributed by atoms with Gasteiger partial charge in [0.2, 0.25) is 0 Å². The lowest BCUT2D eigenvalue weighted by Gasteiger charge is -2.13. The molecule has 0 aliphatic heterocycles. The van der Waals surface area contributed by atoms with Crippen molar-refractivity contribution in [2.75, 3.05) is 13.7 Å². The third-order valence-corrected chi connectivity index (χ3v) is 2.13. The highest BCUT2D eigenvalue weighted by Crippen LogP contribution is 2.28. The van der Waals surface area contributed by atoms with E-state index in [4.69, 9.17) is 14.6 Å². The van der Waals surface area contributed by atoms with Gasteiger partial charge >= 0.3 is 11.7 Å². The van der Waals surface area contributed by atoms with E-state index < -0.39 is 10.9 Å². The molecular weight excluding hydrogens is 242 g/mol. The maximum Gasteiger partial charge on any atom is 0.335 e. The van der Waals surface area contributed by atoms with E-state index in [0.29, 0.717) is 0 Å². The molecule has 98 valence electrons. The van der Waals surface area contributed by atoms with Crippen molar-refractivity contribution >= 4 is 11.7 Å². The maximum atomic E-state index is 10.8. The minimum Gasteiger partial charge on any atom is -0.481 e. The maximum absolute atomic E-state index is 10.8. The van der Waals surface area contributed by atoms with Crippen molar-refractivity contribution in [1.29, 1.82) is 0 Å².